The summed E-state index contributed by atoms with van der Waals surface area (Å²) in [7, 11) is 0. The lowest BCUT2D eigenvalue weighted by atomic mass is 9.97. The summed E-state index contributed by atoms with van der Waals surface area (Å²) < 4.78 is 0. The van der Waals surface area contributed by atoms with Gasteiger partial charge in [0, 0.05) is 21.7 Å². The molecular formula is C18H14N2O2. The first-order chi connectivity index (χ1) is 10.6. The normalized spacial score (nSPS) is 11.5. The SMILES string of the molecule is Cc1ccc2nc3[nH]c4ccccc4c3c(C(=O)O)c2c1C. The molecule has 0 spiro atoms. The highest BCUT2D eigenvalue weighted by Crippen LogP contribution is 2.34. The van der Waals surface area contributed by atoms with Gasteiger partial charge in [-0.1, -0.05) is 24.3 Å². The molecule has 4 nitrogen and oxygen atoms in total. The Hall–Kier alpha value is -2.88. The third kappa shape index (κ3) is 1.58. The van der Waals surface area contributed by atoms with Gasteiger partial charge in [0.2, 0.25) is 0 Å². The van der Waals surface area contributed by atoms with E-state index in [2.05, 4.69) is 9.97 Å². The number of aromatic nitrogens is 2. The second-order valence-corrected chi connectivity index (χ2v) is 5.59. The third-order valence-corrected chi connectivity index (χ3v) is 4.35. The molecular weight excluding hydrogens is 276 g/mol. The van der Waals surface area contributed by atoms with Gasteiger partial charge in [0.25, 0.3) is 0 Å². The number of benzene rings is 2. The number of pyridine rings is 1. The van der Waals surface area contributed by atoms with Crippen LogP contribution in [0.2, 0.25) is 0 Å². The minimum absolute atomic E-state index is 0.332. The van der Waals surface area contributed by atoms with Gasteiger partial charge in [-0.15, -0.1) is 0 Å². The number of rotatable bonds is 1. The van der Waals surface area contributed by atoms with E-state index < -0.39 is 5.97 Å². The lowest BCUT2D eigenvalue weighted by Gasteiger charge is -2.09. The Bertz CT molecular complexity index is 1080. The number of para-hydroxylation sites is 1. The average molecular weight is 290 g/mol. The third-order valence-electron chi connectivity index (χ3n) is 4.35. The molecule has 0 bridgehead atoms. The molecule has 0 amide bonds. The smallest absolute Gasteiger partial charge is 0.337 e. The van der Waals surface area contributed by atoms with E-state index in [0.29, 0.717) is 22.1 Å². The molecule has 2 aromatic carbocycles. The van der Waals surface area contributed by atoms with E-state index in [1.807, 2.05) is 50.2 Å². The summed E-state index contributed by atoms with van der Waals surface area (Å²) in [5.74, 6) is -0.921. The molecule has 4 rings (SSSR count). The minimum atomic E-state index is -0.921. The number of hydrogen-bond donors (Lipinski definition) is 2. The molecule has 22 heavy (non-hydrogen) atoms. The summed E-state index contributed by atoms with van der Waals surface area (Å²) in [5.41, 5.74) is 4.59. The maximum atomic E-state index is 12.0. The lowest BCUT2D eigenvalue weighted by Crippen LogP contribution is -2.02. The number of carboxylic acid groups (broad SMARTS) is 1. The lowest BCUT2D eigenvalue weighted by molar-refractivity contribution is 0.0701. The Kier molecular flexibility index (Phi) is 2.51. The fourth-order valence-electron chi connectivity index (χ4n) is 3.13. The zero-order valence-electron chi connectivity index (χ0n) is 12.3. The van der Waals surface area contributed by atoms with Crippen LogP contribution < -0.4 is 0 Å². The van der Waals surface area contributed by atoms with Gasteiger partial charge in [0.05, 0.1) is 11.1 Å². The molecule has 0 fully saturated rings. The van der Waals surface area contributed by atoms with Gasteiger partial charge >= 0.3 is 5.97 Å². The van der Waals surface area contributed by atoms with Crippen LogP contribution in [0.25, 0.3) is 32.8 Å². The molecule has 0 aliphatic rings. The van der Waals surface area contributed by atoms with Crippen molar-refractivity contribution in [3.05, 3.63) is 53.1 Å². The van der Waals surface area contributed by atoms with Crippen molar-refractivity contribution in [1.82, 2.24) is 9.97 Å². The topological polar surface area (TPSA) is 66.0 Å². The molecule has 4 aromatic rings. The monoisotopic (exact) mass is 290 g/mol. The molecule has 2 heterocycles. The summed E-state index contributed by atoms with van der Waals surface area (Å²) in [6.07, 6.45) is 0. The molecule has 4 heteroatoms. The van der Waals surface area contributed by atoms with Crippen LogP contribution in [0.3, 0.4) is 0 Å². The van der Waals surface area contributed by atoms with Crippen LogP contribution >= 0.6 is 0 Å². The van der Waals surface area contributed by atoms with Gasteiger partial charge in [-0.05, 0) is 37.1 Å². The first-order valence-electron chi connectivity index (χ1n) is 7.11. The fourth-order valence-corrected chi connectivity index (χ4v) is 3.13. The summed E-state index contributed by atoms with van der Waals surface area (Å²) in [5, 5.41) is 12.1. The van der Waals surface area contributed by atoms with E-state index in [0.717, 1.165) is 27.4 Å². The van der Waals surface area contributed by atoms with Crippen LogP contribution in [0, 0.1) is 13.8 Å². The molecule has 0 saturated heterocycles. The number of fused-ring (bicyclic) bond motifs is 4. The summed E-state index contributed by atoms with van der Waals surface area (Å²) in [6, 6.07) is 11.6. The fraction of sp³-hybridized carbons (Fsp3) is 0.111. The van der Waals surface area contributed by atoms with Crippen molar-refractivity contribution in [2.24, 2.45) is 0 Å². The highest BCUT2D eigenvalue weighted by molar-refractivity contribution is 6.22. The predicted molar refractivity (Wildman–Crippen MR) is 87.5 cm³/mol. The van der Waals surface area contributed by atoms with Crippen molar-refractivity contribution < 1.29 is 9.90 Å². The van der Waals surface area contributed by atoms with Crippen molar-refractivity contribution in [3.8, 4) is 0 Å². The first kappa shape index (κ1) is 12.8. The number of aryl methyl sites for hydroxylation is 2. The van der Waals surface area contributed by atoms with Crippen LogP contribution in [0.15, 0.2) is 36.4 Å². The first-order valence-corrected chi connectivity index (χ1v) is 7.11. The largest absolute Gasteiger partial charge is 0.478 e. The summed E-state index contributed by atoms with van der Waals surface area (Å²) >= 11 is 0. The van der Waals surface area contributed by atoms with E-state index in [1.165, 1.54) is 0 Å². The number of hydrogen-bond acceptors (Lipinski definition) is 2. The van der Waals surface area contributed by atoms with Gasteiger partial charge in [0.15, 0.2) is 0 Å². The van der Waals surface area contributed by atoms with Crippen molar-refractivity contribution >= 4 is 38.8 Å². The van der Waals surface area contributed by atoms with Gasteiger partial charge in [0.1, 0.15) is 5.65 Å². The van der Waals surface area contributed by atoms with Crippen LogP contribution in [-0.4, -0.2) is 21.0 Å². The Morgan fingerprint density at radius 1 is 1.09 bits per heavy atom. The van der Waals surface area contributed by atoms with E-state index in [1.54, 1.807) is 0 Å². The molecule has 0 atom stereocenters. The molecule has 0 aliphatic heterocycles. The second kappa shape index (κ2) is 4.31. The Morgan fingerprint density at radius 2 is 1.86 bits per heavy atom. The summed E-state index contributed by atoms with van der Waals surface area (Å²) in [6.45, 7) is 3.94. The standard InChI is InChI=1S/C18H14N2O2/c1-9-7-8-13-14(10(9)2)16(18(21)22)15-11-5-3-4-6-12(11)19-17(15)20-13/h3-8H,1-2H3,(H,19,20)(H,21,22). The average Bonchev–Trinajstić information content (AvgIpc) is 2.87. The second-order valence-electron chi connectivity index (χ2n) is 5.59. The molecule has 2 N–H and O–H groups in total. The minimum Gasteiger partial charge on any atom is -0.478 e. The van der Waals surface area contributed by atoms with Crippen LogP contribution in [-0.2, 0) is 0 Å². The Labute approximate surface area is 126 Å². The van der Waals surface area contributed by atoms with Crippen molar-refractivity contribution in [1.29, 1.82) is 0 Å². The van der Waals surface area contributed by atoms with Gasteiger partial charge in [-0.2, -0.15) is 0 Å². The molecule has 0 saturated carbocycles. The van der Waals surface area contributed by atoms with Gasteiger partial charge in [-0.25, -0.2) is 9.78 Å². The van der Waals surface area contributed by atoms with Crippen LogP contribution in [0.4, 0.5) is 0 Å². The van der Waals surface area contributed by atoms with E-state index >= 15 is 0 Å². The number of aromatic carboxylic acids is 1. The van der Waals surface area contributed by atoms with Crippen molar-refractivity contribution in [2.45, 2.75) is 13.8 Å². The number of nitrogens with one attached hydrogen (secondary N) is 1. The highest BCUT2D eigenvalue weighted by Gasteiger charge is 2.20. The van der Waals surface area contributed by atoms with Gasteiger partial charge in [-0.3, -0.25) is 0 Å². The number of H-pyrrole nitrogens is 1. The molecule has 2 aromatic heterocycles. The number of aromatic amines is 1. The summed E-state index contributed by atoms with van der Waals surface area (Å²) in [4.78, 5) is 19.9. The van der Waals surface area contributed by atoms with Gasteiger partial charge < -0.3 is 10.1 Å². The van der Waals surface area contributed by atoms with Crippen LogP contribution in [0.5, 0.6) is 0 Å². The maximum Gasteiger partial charge on any atom is 0.337 e. The van der Waals surface area contributed by atoms with E-state index in [4.69, 9.17) is 0 Å². The maximum absolute atomic E-state index is 12.0. The Balaban J connectivity index is 2.38. The molecule has 0 unspecified atom stereocenters. The number of carboxylic acids is 1. The molecule has 0 radical (unpaired) electrons. The number of nitrogens with zero attached hydrogens (tertiary/aromatic N) is 1. The quantitative estimate of drug-likeness (QED) is 0.552. The van der Waals surface area contributed by atoms with E-state index in [9.17, 15) is 9.90 Å². The zero-order valence-corrected chi connectivity index (χ0v) is 12.3. The predicted octanol–water partition coefficient (Wildman–Crippen LogP) is 4.18. The Morgan fingerprint density at radius 3 is 2.64 bits per heavy atom. The number of carbonyl (C=O) groups is 1. The molecule has 108 valence electrons. The van der Waals surface area contributed by atoms with E-state index in [-0.39, 0.29) is 0 Å². The van der Waals surface area contributed by atoms with Crippen LogP contribution in [0.1, 0.15) is 21.5 Å². The van der Waals surface area contributed by atoms with Crippen molar-refractivity contribution in [2.75, 3.05) is 0 Å². The zero-order chi connectivity index (χ0) is 15.4. The molecule has 0 aliphatic carbocycles. The van der Waals surface area contributed by atoms with Crippen molar-refractivity contribution in [3.63, 3.8) is 0 Å². The highest BCUT2D eigenvalue weighted by atomic mass is 16.4.